The number of ether oxygens (including phenoxy) is 1. The average Bonchev–Trinajstić information content (AvgIpc) is 2.51. The maximum Gasteiger partial charge on any atom is 0.258 e. The van der Waals surface area contributed by atoms with Gasteiger partial charge in [0.05, 0.1) is 9.37 Å². The van der Waals surface area contributed by atoms with E-state index in [9.17, 15) is 13.2 Å². The van der Waals surface area contributed by atoms with Crippen molar-refractivity contribution in [2.75, 3.05) is 6.61 Å². The van der Waals surface area contributed by atoms with Crippen LogP contribution < -0.4 is 15.2 Å². The van der Waals surface area contributed by atoms with Gasteiger partial charge in [0.2, 0.25) is 10.0 Å². The quantitative estimate of drug-likeness (QED) is 0.649. The zero-order chi connectivity index (χ0) is 18.6. The van der Waals surface area contributed by atoms with Gasteiger partial charge in [-0.2, -0.15) is 0 Å². The summed E-state index contributed by atoms with van der Waals surface area (Å²) in [5.41, 5.74) is 1.65. The van der Waals surface area contributed by atoms with Gasteiger partial charge in [-0.1, -0.05) is 28.1 Å². The van der Waals surface area contributed by atoms with E-state index in [4.69, 9.17) is 9.88 Å². The summed E-state index contributed by atoms with van der Waals surface area (Å²) in [6, 6.07) is 9.72. The molecular weight excluding hydrogens is 476 g/mol. The highest BCUT2D eigenvalue weighted by molar-refractivity contribution is 9.11. The van der Waals surface area contributed by atoms with E-state index in [1.807, 2.05) is 19.1 Å². The molecule has 3 N–H and O–H groups in total. The van der Waals surface area contributed by atoms with Crippen LogP contribution in [0.25, 0.3) is 0 Å². The van der Waals surface area contributed by atoms with Crippen molar-refractivity contribution in [1.82, 2.24) is 5.32 Å². The highest BCUT2D eigenvalue weighted by Gasteiger charge is 2.10. The fourth-order valence-electron chi connectivity index (χ4n) is 2.06. The first-order chi connectivity index (χ1) is 11.7. The summed E-state index contributed by atoms with van der Waals surface area (Å²) in [7, 11) is -3.72. The van der Waals surface area contributed by atoms with Crippen molar-refractivity contribution in [2.24, 2.45) is 5.14 Å². The third kappa shape index (κ3) is 5.81. The first-order valence-corrected chi connectivity index (χ1v) is 10.3. The van der Waals surface area contributed by atoms with Crippen LogP contribution in [0.5, 0.6) is 5.75 Å². The largest absolute Gasteiger partial charge is 0.482 e. The average molecular weight is 492 g/mol. The Hall–Kier alpha value is -1.42. The molecule has 0 aliphatic rings. The van der Waals surface area contributed by atoms with Crippen molar-refractivity contribution in [3.8, 4) is 5.75 Å². The zero-order valence-electron chi connectivity index (χ0n) is 13.3. The fourth-order valence-corrected chi connectivity index (χ4v) is 4.13. The van der Waals surface area contributed by atoms with Gasteiger partial charge < -0.3 is 10.1 Å². The topological polar surface area (TPSA) is 98.5 Å². The molecule has 9 heteroatoms. The van der Waals surface area contributed by atoms with Gasteiger partial charge in [-0.3, -0.25) is 4.79 Å². The number of halogens is 2. The van der Waals surface area contributed by atoms with Crippen LogP contribution in [0.15, 0.2) is 50.2 Å². The Morgan fingerprint density at radius 2 is 1.84 bits per heavy atom. The van der Waals surface area contributed by atoms with Crippen molar-refractivity contribution in [2.45, 2.75) is 18.4 Å². The van der Waals surface area contributed by atoms with Gasteiger partial charge in [-0.05, 0) is 58.2 Å². The molecule has 0 aliphatic carbocycles. The van der Waals surface area contributed by atoms with E-state index < -0.39 is 10.0 Å². The smallest absolute Gasteiger partial charge is 0.258 e. The molecule has 25 heavy (non-hydrogen) atoms. The number of carbonyl (C=O) groups excluding carboxylic acids is 1. The molecule has 0 saturated heterocycles. The lowest BCUT2D eigenvalue weighted by molar-refractivity contribution is -0.123. The highest BCUT2D eigenvalue weighted by atomic mass is 79.9. The summed E-state index contributed by atoms with van der Waals surface area (Å²) in [5.74, 6) is 0.320. The summed E-state index contributed by atoms with van der Waals surface area (Å²) in [4.78, 5) is 12.0. The standard InChI is InChI=1S/C16H16Br2N2O4S/c1-10-6-12(17)7-14(18)16(10)24-9-15(21)20-8-11-2-4-13(5-3-11)25(19,22)23/h2-7H,8-9H2,1H3,(H,20,21)(H2,19,22,23). The fraction of sp³-hybridized carbons (Fsp3) is 0.188. The van der Waals surface area contributed by atoms with Crippen LogP contribution in [-0.2, 0) is 21.4 Å². The number of nitrogens with one attached hydrogen (secondary N) is 1. The van der Waals surface area contributed by atoms with E-state index in [1.54, 1.807) is 12.1 Å². The van der Waals surface area contributed by atoms with E-state index in [-0.39, 0.29) is 24.0 Å². The third-order valence-electron chi connectivity index (χ3n) is 3.28. The van der Waals surface area contributed by atoms with Crippen molar-refractivity contribution in [3.05, 3.63) is 56.5 Å². The summed E-state index contributed by atoms with van der Waals surface area (Å²) in [6.07, 6.45) is 0. The SMILES string of the molecule is Cc1cc(Br)cc(Br)c1OCC(=O)NCc1ccc(S(N)(=O)=O)cc1. The molecule has 2 aromatic rings. The molecule has 0 spiro atoms. The molecule has 0 atom stereocenters. The Bertz CT molecular complexity index is 861. The predicted octanol–water partition coefficient (Wildman–Crippen LogP) is 2.86. The second kappa shape index (κ2) is 8.31. The Labute approximate surface area is 163 Å². The molecule has 0 heterocycles. The van der Waals surface area contributed by atoms with Crippen molar-refractivity contribution in [3.63, 3.8) is 0 Å². The summed E-state index contributed by atoms with van der Waals surface area (Å²) >= 11 is 6.79. The normalized spacial score (nSPS) is 11.2. The number of carbonyl (C=O) groups is 1. The molecule has 6 nitrogen and oxygen atoms in total. The summed E-state index contributed by atoms with van der Waals surface area (Å²) in [5, 5.41) is 7.75. The van der Waals surface area contributed by atoms with Crippen LogP contribution in [0.2, 0.25) is 0 Å². The molecular formula is C16H16Br2N2O4S. The van der Waals surface area contributed by atoms with Gasteiger partial charge in [0.1, 0.15) is 5.75 Å². The molecule has 0 radical (unpaired) electrons. The van der Waals surface area contributed by atoms with E-state index in [1.165, 1.54) is 12.1 Å². The van der Waals surface area contributed by atoms with Gasteiger partial charge in [0.15, 0.2) is 6.61 Å². The van der Waals surface area contributed by atoms with Crippen molar-refractivity contribution >= 4 is 47.8 Å². The lowest BCUT2D eigenvalue weighted by atomic mass is 10.2. The molecule has 0 aliphatic heterocycles. The van der Waals surface area contributed by atoms with Crippen LogP contribution in [-0.4, -0.2) is 20.9 Å². The third-order valence-corrected chi connectivity index (χ3v) is 5.26. The lowest BCUT2D eigenvalue weighted by Gasteiger charge is -2.12. The molecule has 2 rings (SSSR count). The van der Waals surface area contributed by atoms with E-state index in [2.05, 4.69) is 37.2 Å². The van der Waals surface area contributed by atoms with Gasteiger partial charge in [0.25, 0.3) is 5.91 Å². The Kier molecular flexibility index (Phi) is 6.61. The number of aryl methyl sites for hydroxylation is 1. The molecule has 0 bridgehead atoms. The summed E-state index contributed by atoms with van der Waals surface area (Å²) in [6.45, 7) is 2.01. The Morgan fingerprint density at radius 3 is 2.40 bits per heavy atom. The molecule has 0 aromatic heterocycles. The van der Waals surface area contributed by atoms with Crippen molar-refractivity contribution < 1.29 is 17.9 Å². The molecule has 2 aromatic carbocycles. The minimum absolute atomic E-state index is 0.0291. The molecule has 0 fully saturated rings. The van der Waals surface area contributed by atoms with Crippen LogP contribution in [0.3, 0.4) is 0 Å². The lowest BCUT2D eigenvalue weighted by Crippen LogP contribution is -2.28. The molecule has 134 valence electrons. The van der Waals surface area contributed by atoms with Crippen molar-refractivity contribution in [1.29, 1.82) is 0 Å². The number of hydrogen-bond acceptors (Lipinski definition) is 4. The minimum atomic E-state index is -3.72. The summed E-state index contributed by atoms with van der Waals surface area (Å²) < 4.78 is 29.6. The maximum atomic E-state index is 11.9. The number of sulfonamides is 1. The van der Waals surface area contributed by atoms with Gasteiger partial charge in [-0.25, -0.2) is 13.6 Å². The predicted molar refractivity (Wildman–Crippen MR) is 102 cm³/mol. The second-order valence-electron chi connectivity index (χ2n) is 5.29. The van der Waals surface area contributed by atoms with Crippen LogP contribution >= 0.6 is 31.9 Å². The number of rotatable bonds is 6. The van der Waals surface area contributed by atoms with Crippen LogP contribution in [0.4, 0.5) is 0 Å². The first-order valence-electron chi connectivity index (χ1n) is 7.13. The van der Waals surface area contributed by atoms with E-state index in [0.717, 1.165) is 20.1 Å². The number of benzene rings is 2. The van der Waals surface area contributed by atoms with Gasteiger partial charge >= 0.3 is 0 Å². The molecule has 1 amide bonds. The molecule has 0 unspecified atom stereocenters. The number of amides is 1. The Morgan fingerprint density at radius 1 is 1.20 bits per heavy atom. The van der Waals surface area contributed by atoms with E-state index in [0.29, 0.717) is 5.75 Å². The monoisotopic (exact) mass is 490 g/mol. The molecule has 0 saturated carbocycles. The van der Waals surface area contributed by atoms with Gasteiger partial charge in [-0.15, -0.1) is 0 Å². The van der Waals surface area contributed by atoms with E-state index >= 15 is 0 Å². The first kappa shape index (κ1) is 19.9. The highest BCUT2D eigenvalue weighted by Crippen LogP contribution is 2.32. The van der Waals surface area contributed by atoms with Crippen LogP contribution in [0, 0.1) is 6.92 Å². The number of hydrogen-bond donors (Lipinski definition) is 2. The second-order valence-corrected chi connectivity index (χ2v) is 8.62. The van der Waals surface area contributed by atoms with Crippen LogP contribution in [0.1, 0.15) is 11.1 Å². The minimum Gasteiger partial charge on any atom is -0.482 e. The maximum absolute atomic E-state index is 11.9. The number of primary sulfonamides is 1. The van der Waals surface area contributed by atoms with Gasteiger partial charge in [0, 0.05) is 11.0 Å². The number of nitrogens with two attached hydrogens (primary N) is 1. The zero-order valence-corrected chi connectivity index (χ0v) is 17.2. The Balaban J connectivity index is 1.89.